The summed E-state index contributed by atoms with van der Waals surface area (Å²) >= 11 is 1.29. The van der Waals surface area contributed by atoms with Crippen molar-refractivity contribution in [3.63, 3.8) is 0 Å². The van der Waals surface area contributed by atoms with E-state index in [0.29, 0.717) is 10.6 Å². The normalized spacial score (nSPS) is 10.6. The Morgan fingerprint density at radius 1 is 1.41 bits per heavy atom. The molecule has 0 aliphatic carbocycles. The van der Waals surface area contributed by atoms with Crippen LogP contribution in [0.15, 0.2) is 41.9 Å². The fourth-order valence-electron chi connectivity index (χ4n) is 2.45. The zero-order valence-electron chi connectivity index (χ0n) is 14.8. The highest BCUT2D eigenvalue weighted by atomic mass is 32.1. The molecule has 0 saturated heterocycles. The van der Waals surface area contributed by atoms with E-state index in [1.807, 2.05) is 13.8 Å². The molecule has 0 saturated carbocycles. The van der Waals surface area contributed by atoms with E-state index in [1.54, 1.807) is 40.5 Å². The predicted molar refractivity (Wildman–Crippen MR) is 102 cm³/mol. The lowest BCUT2D eigenvalue weighted by Gasteiger charge is -2.05. The molecule has 1 aromatic carbocycles. The number of carbonyl (C=O) groups is 1. The summed E-state index contributed by atoms with van der Waals surface area (Å²) in [6, 6.07) is 7.91. The monoisotopic (exact) mass is 386 g/mol. The number of hydrogen-bond acceptors (Lipinski definition) is 6. The number of rotatable bonds is 7. The maximum Gasteiger partial charge on any atom is 0.310 e. The largest absolute Gasteiger partial charge is 0.482 e. The van der Waals surface area contributed by atoms with Crippen LogP contribution in [-0.4, -0.2) is 20.6 Å². The number of thiophene rings is 1. The van der Waals surface area contributed by atoms with Gasteiger partial charge in [0.05, 0.1) is 21.2 Å². The van der Waals surface area contributed by atoms with E-state index < -0.39 is 4.92 Å². The van der Waals surface area contributed by atoms with Gasteiger partial charge >= 0.3 is 5.69 Å². The van der Waals surface area contributed by atoms with Crippen molar-refractivity contribution < 1.29 is 14.5 Å². The number of nitrogens with zero attached hydrogens (tertiary/aromatic N) is 3. The average Bonchev–Trinajstić information content (AvgIpc) is 3.27. The Labute approximate surface area is 159 Å². The molecular weight excluding hydrogens is 368 g/mol. The fourth-order valence-corrected chi connectivity index (χ4v) is 3.24. The Hall–Kier alpha value is -3.20. The quantitative estimate of drug-likeness (QED) is 0.488. The minimum atomic E-state index is -0.485. The molecule has 1 N–H and O–H groups in total. The van der Waals surface area contributed by atoms with Crippen molar-refractivity contribution in [3.8, 4) is 5.75 Å². The van der Waals surface area contributed by atoms with Gasteiger partial charge in [0.2, 0.25) is 0 Å². The molecule has 1 amide bonds. The Morgan fingerprint density at radius 3 is 2.89 bits per heavy atom. The van der Waals surface area contributed by atoms with E-state index in [1.165, 1.54) is 17.4 Å². The SMILES string of the molecule is CCn1cc(NC(=O)c2cc(COc3ccccc3[N+](=O)[O-])cs2)c(C)n1. The Balaban J connectivity index is 1.65. The number of para-hydroxylation sites is 2. The van der Waals surface area contributed by atoms with Crippen LogP contribution in [0.25, 0.3) is 0 Å². The zero-order valence-corrected chi connectivity index (χ0v) is 15.7. The van der Waals surface area contributed by atoms with Crippen molar-refractivity contribution >= 4 is 28.6 Å². The molecule has 9 heteroatoms. The van der Waals surface area contributed by atoms with Crippen LogP contribution in [0.1, 0.15) is 27.9 Å². The number of aryl methyl sites for hydroxylation is 2. The number of benzene rings is 1. The van der Waals surface area contributed by atoms with Gasteiger partial charge in [0.15, 0.2) is 5.75 Å². The van der Waals surface area contributed by atoms with Crippen molar-refractivity contribution in [1.82, 2.24) is 9.78 Å². The molecule has 0 radical (unpaired) electrons. The van der Waals surface area contributed by atoms with Crippen molar-refractivity contribution in [2.24, 2.45) is 0 Å². The van der Waals surface area contributed by atoms with Crippen molar-refractivity contribution in [2.75, 3.05) is 5.32 Å². The molecule has 0 atom stereocenters. The number of carbonyl (C=O) groups excluding carboxylic acids is 1. The summed E-state index contributed by atoms with van der Waals surface area (Å²) in [4.78, 5) is 23.5. The second-order valence-electron chi connectivity index (χ2n) is 5.77. The molecule has 0 unspecified atom stereocenters. The van der Waals surface area contributed by atoms with Crippen LogP contribution in [-0.2, 0) is 13.2 Å². The number of ether oxygens (including phenoxy) is 1. The highest BCUT2D eigenvalue weighted by Gasteiger charge is 2.16. The Bertz CT molecular complexity index is 979. The standard InChI is InChI=1S/C18H18N4O4S/c1-3-21-9-14(12(2)20-21)19-18(23)17-8-13(11-27-17)10-26-16-7-5-4-6-15(16)22(24)25/h4-9,11H,3,10H2,1-2H3,(H,19,23). The average molecular weight is 386 g/mol. The lowest BCUT2D eigenvalue weighted by atomic mass is 10.3. The topological polar surface area (TPSA) is 99.3 Å². The first kappa shape index (κ1) is 18.6. The lowest BCUT2D eigenvalue weighted by molar-refractivity contribution is -0.385. The molecule has 8 nitrogen and oxygen atoms in total. The van der Waals surface area contributed by atoms with Gasteiger partial charge in [-0.25, -0.2) is 0 Å². The van der Waals surface area contributed by atoms with Gasteiger partial charge < -0.3 is 10.1 Å². The second-order valence-corrected chi connectivity index (χ2v) is 6.68. The van der Waals surface area contributed by atoms with E-state index in [2.05, 4.69) is 10.4 Å². The highest BCUT2D eigenvalue weighted by molar-refractivity contribution is 7.12. The summed E-state index contributed by atoms with van der Waals surface area (Å²) in [7, 11) is 0. The van der Waals surface area contributed by atoms with Crippen LogP contribution in [0, 0.1) is 17.0 Å². The maximum atomic E-state index is 12.4. The van der Waals surface area contributed by atoms with E-state index in [9.17, 15) is 14.9 Å². The minimum absolute atomic E-state index is 0.0888. The second kappa shape index (κ2) is 8.00. The third kappa shape index (κ3) is 4.32. The number of nitrogens with one attached hydrogen (secondary N) is 1. The number of aromatic nitrogens is 2. The maximum absolute atomic E-state index is 12.4. The molecule has 2 heterocycles. The summed E-state index contributed by atoms with van der Waals surface area (Å²) in [6.45, 7) is 4.67. The van der Waals surface area contributed by atoms with Gasteiger partial charge in [0.1, 0.15) is 6.61 Å². The predicted octanol–water partition coefficient (Wildman–Crippen LogP) is 4.01. The first-order chi connectivity index (χ1) is 13.0. The summed E-state index contributed by atoms with van der Waals surface area (Å²) in [5.41, 5.74) is 2.10. The molecule has 3 aromatic rings. The molecule has 2 aromatic heterocycles. The first-order valence-electron chi connectivity index (χ1n) is 8.27. The van der Waals surface area contributed by atoms with E-state index in [4.69, 9.17) is 4.74 Å². The molecular formula is C18H18N4O4S. The van der Waals surface area contributed by atoms with Crippen LogP contribution in [0.4, 0.5) is 11.4 Å². The summed E-state index contributed by atoms with van der Waals surface area (Å²) in [6.07, 6.45) is 1.79. The summed E-state index contributed by atoms with van der Waals surface area (Å²) < 4.78 is 7.31. The van der Waals surface area contributed by atoms with Crippen LogP contribution < -0.4 is 10.1 Å². The molecule has 140 valence electrons. The third-order valence-electron chi connectivity index (χ3n) is 3.85. The van der Waals surface area contributed by atoms with Crippen LogP contribution in [0.5, 0.6) is 5.75 Å². The van der Waals surface area contributed by atoms with Crippen LogP contribution in [0.3, 0.4) is 0 Å². The molecule has 0 fully saturated rings. The number of nitro benzene ring substituents is 1. The molecule has 3 rings (SSSR count). The van der Waals surface area contributed by atoms with E-state index >= 15 is 0 Å². The van der Waals surface area contributed by atoms with E-state index in [0.717, 1.165) is 17.8 Å². The third-order valence-corrected chi connectivity index (χ3v) is 4.83. The van der Waals surface area contributed by atoms with Crippen molar-refractivity contribution in [1.29, 1.82) is 0 Å². The van der Waals surface area contributed by atoms with Gasteiger partial charge in [-0.15, -0.1) is 11.3 Å². The van der Waals surface area contributed by atoms with E-state index in [-0.39, 0.29) is 24.0 Å². The number of hydrogen-bond donors (Lipinski definition) is 1. The Kier molecular flexibility index (Phi) is 5.51. The number of amides is 1. The first-order valence-corrected chi connectivity index (χ1v) is 9.15. The highest BCUT2D eigenvalue weighted by Crippen LogP contribution is 2.27. The van der Waals surface area contributed by atoms with Crippen LogP contribution >= 0.6 is 11.3 Å². The molecule has 0 aliphatic rings. The van der Waals surface area contributed by atoms with Gasteiger partial charge in [0.25, 0.3) is 5.91 Å². The van der Waals surface area contributed by atoms with Crippen LogP contribution in [0.2, 0.25) is 0 Å². The lowest BCUT2D eigenvalue weighted by Crippen LogP contribution is -2.10. The van der Waals surface area contributed by atoms with Gasteiger partial charge in [0, 0.05) is 24.4 Å². The number of anilines is 1. The molecule has 27 heavy (non-hydrogen) atoms. The fraction of sp³-hybridized carbons (Fsp3) is 0.222. The van der Waals surface area contributed by atoms with Gasteiger partial charge in [-0.2, -0.15) is 5.10 Å². The van der Waals surface area contributed by atoms with Gasteiger partial charge in [-0.05, 0) is 31.4 Å². The summed E-state index contributed by atoms with van der Waals surface area (Å²) in [5.74, 6) is -0.0296. The van der Waals surface area contributed by atoms with Gasteiger partial charge in [-0.1, -0.05) is 12.1 Å². The Morgan fingerprint density at radius 2 is 2.19 bits per heavy atom. The van der Waals surface area contributed by atoms with Gasteiger partial charge in [-0.3, -0.25) is 19.6 Å². The van der Waals surface area contributed by atoms with Crippen molar-refractivity contribution in [3.05, 3.63) is 68.2 Å². The minimum Gasteiger partial charge on any atom is -0.482 e. The zero-order chi connectivity index (χ0) is 19.4. The molecule has 0 spiro atoms. The summed E-state index contributed by atoms with van der Waals surface area (Å²) in [5, 5.41) is 20.0. The van der Waals surface area contributed by atoms with Crippen molar-refractivity contribution in [2.45, 2.75) is 27.0 Å². The molecule has 0 bridgehead atoms. The number of nitro groups is 1. The molecule has 0 aliphatic heterocycles. The smallest absolute Gasteiger partial charge is 0.310 e.